The van der Waals surface area contributed by atoms with Gasteiger partial charge in [-0.15, -0.1) is 0 Å². The summed E-state index contributed by atoms with van der Waals surface area (Å²) in [5.41, 5.74) is 1.73. The molecule has 9 nitrogen and oxygen atoms in total. The lowest BCUT2D eigenvalue weighted by Crippen LogP contribution is -2.59. The maximum absolute atomic E-state index is 12.8. The predicted molar refractivity (Wildman–Crippen MR) is 129 cm³/mol. The number of carbonyl (C=O) groups excluding carboxylic acids is 2. The Kier molecular flexibility index (Phi) is 6.76. The number of fused-ring (bicyclic) bond motifs is 1. The third-order valence-electron chi connectivity index (χ3n) is 5.49. The Bertz CT molecular complexity index is 1110. The zero-order valence-electron chi connectivity index (χ0n) is 20.6. The maximum Gasteiger partial charge on any atom is 0.410 e. The van der Waals surface area contributed by atoms with Crippen molar-refractivity contribution in [2.24, 2.45) is 0 Å². The lowest BCUT2D eigenvalue weighted by Gasteiger charge is -2.45. The lowest BCUT2D eigenvalue weighted by atomic mass is 10.1. The molecule has 2 heterocycles. The number of methoxy groups -OCH3 is 1. The molecule has 1 saturated heterocycles. The molecular formula is C23H33N4O5P. The minimum absolute atomic E-state index is 0.113. The van der Waals surface area contributed by atoms with Gasteiger partial charge in [0.25, 0.3) is 0 Å². The fourth-order valence-electron chi connectivity index (χ4n) is 4.06. The molecule has 0 radical (unpaired) electrons. The average molecular weight is 477 g/mol. The molecule has 0 unspecified atom stereocenters. The molecule has 0 saturated carbocycles. The molecule has 1 aliphatic rings. The summed E-state index contributed by atoms with van der Waals surface area (Å²) in [4.78, 5) is 38.2. The highest BCUT2D eigenvalue weighted by Gasteiger charge is 2.36. The summed E-state index contributed by atoms with van der Waals surface area (Å²) in [7, 11) is -1.37. The number of rotatable bonds is 3. The van der Waals surface area contributed by atoms with Crippen molar-refractivity contribution in [1.82, 2.24) is 14.9 Å². The van der Waals surface area contributed by atoms with E-state index in [0.717, 1.165) is 5.69 Å². The second-order valence-corrected chi connectivity index (χ2v) is 13.1. The molecule has 180 valence electrons. The molecule has 1 aromatic heterocycles. The van der Waals surface area contributed by atoms with Crippen LogP contribution in [-0.4, -0.2) is 78.1 Å². The smallest absolute Gasteiger partial charge is 0.410 e. The second-order valence-electron chi connectivity index (χ2n) is 9.89. The van der Waals surface area contributed by atoms with Gasteiger partial charge in [0.1, 0.15) is 29.2 Å². The third kappa shape index (κ3) is 5.29. The highest BCUT2D eigenvalue weighted by Crippen LogP contribution is 2.36. The van der Waals surface area contributed by atoms with E-state index in [1.807, 2.05) is 40.7 Å². The maximum atomic E-state index is 12.8. The van der Waals surface area contributed by atoms with E-state index >= 15 is 0 Å². The zero-order chi connectivity index (χ0) is 24.7. The summed E-state index contributed by atoms with van der Waals surface area (Å²) in [6.07, 6.45) is 1.18. The summed E-state index contributed by atoms with van der Waals surface area (Å²) in [5.74, 6) is -0.531. The number of ether oxygens (including phenoxy) is 2. The van der Waals surface area contributed by atoms with Crippen LogP contribution in [0.25, 0.3) is 11.0 Å². The van der Waals surface area contributed by atoms with Crippen molar-refractivity contribution in [3.8, 4) is 0 Å². The topological polar surface area (TPSA) is 102 Å². The normalized spacial score (nSPS) is 19.5. The van der Waals surface area contributed by atoms with Crippen molar-refractivity contribution in [2.75, 3.05) is 38.4 Å². The van der Waals surface area contributed by atoms with E-state index in [4.69, 9.17) is 9.47 Å². The van der Waals surface area contributed by atoms with Crippen LogP contribution in [0.15, 0.2) is 18.3 Å². The summed E-state index contributed by atoms with van der Waals surface area (Å²) in [6, 6.07) is 3.26. The van der Waals surface area contributed by atoms with Crippen LogP contribution >= 0.6 is 7.14 Å². The summed E-state index contributed by atoms with van der Waals surface area (Å²) >= 11 is 0. The van der Waals surface area contributed by atoms with Crippen molar-refractivity contribution in [3.63, 3.8) is 0 Å². The molecule has 10 heteroatoms. The van der Waals surface area contributed by atoms with Crippen molar-refractivity contribution >= 4 is 41.4 Å². The van der Waals surface area contributed by atoms with Crippen LogP contribution in [0.3, 0.4) is 0 Å². The van der Waals surface area contributed by atoms with Crippen LogP contribution in [0.4, 0.5) is 10.5 Å². The van der Waals surface area contributed by atoms with Crippen LogP contribution in [-0.2, 0) is 14.0 Å². The van der Waals surface area contributed by atoms with Gasteiger partial charge in [-0.25, -0.2) is 19.6 Å². The number of piperazine rings is 1. The van der Waals surface area contributed by atoms with Crippen molar-refractivity contribution in [1.29, 1.82) is 0 Å². The average Bonchev–Trinajstić information content (AvgIpc) is 2.69. The fourth-order valence-corrected chi connectivity index (χ4v) is 4.74. The van der Waals surface area contributed by atoms with Crippen LogP contribution < -0.4 is 10.3 Å². The molecule has 1 fully saturated rings. The number of anilines is 1. The van der Waals surface area contributed by atoms with Crippen LogP contribution in [0.5, 0.6) is 0 Å². The van der Waals surface area contributed by atoms with Gasteiger partial charge in [0, 0.05) is 13.1 Å². The van der Waals surface area contributed by atoms with Crippen molar-refractivity contribution in [2.45, 2.75) is 52.3 Å². The van der Waals surface area contributed by atoms with Gasteiger partial charge in [0.05, 0.1) is 36.6 Å². The van der Waals surface area contributed by atoms with E-state index in [2.05, 4.69) is 14.9 Å². The van der Waals surface area contributed by atoms with Gasteiger partial charge >= 0.3 is 12.1 Å². The van der Waals surface area contributed by atoms with E-state index in [0.29, 0.717) is 29.6 Å². The third-order valence-corrected chi connectivity index (χ3v) is 6.81. The number of benzene rings is 1. The number of hydrogen-bond acceptors (Lipinski definition) is 8. The minimum atomic E-state index is -2.68. The predicted octanol–water partition coefficient (Wildman–Crippen LogP) is 3.50. The van der Waals surface area contributed by atoms with E-state index < -0.39 is 18.7 Å². The molecule has 3 rings (SSSR count). The monoisotopic (exact) mass is 476 g/mol. The van der Waals surface area contributed by atoms with Crippen LogP contribution in [0.1, 0.15) is 45.0 Å². The van der Waals surface area contributed by atoms with Gasteiger partial charge in [-0.2, -0.15) is 0 Å². The van der Waals surface area contributed by atoms with Crippen molar-refractivity contribution < 1.29 is 23.6 Å². The molecule has 0 aliphatic carbocycles. The largest absolute Gasteiger partial charge is 0.465 e. The summed E-state index contributed by atoms with van der Waals surface area (Å²) in [5, 5.41) is 0. The first kappa shape index (κ1) is 25.0. The Morgan fingerprint density at radius 3 is 2.21 bits per heavy atom. The van der Waals surface area contributed by atoms with Gasteiger partial charge in [-0.05, 0) is 60.1 Å². The Morgan fingerprint density at radius 1 is 1.09 bits per heavy atom. The molecule has 0 N–H and O–H groups in total. The highest BCUT2D eigenvalue weighted by atomic mass is 31.2. The molecule has 0 spiro atoms. The minimum Gasteiger partial charge on any atom is -0.465 e. The summed E-state index contributed by atoms with van der Waals surface area (Å²) in [6.45, 7) is 13.8. The molecule has 1 aromatic carbocycles. The first-order valence-electron chi connectivity index (χ1n) is 10.9. The molecule has 0 bridgehead atoms. The number of hydrogen-bond donors (Lipinski definition) is 0. The van der Waals surface area contributed by atoms with E-state index in [1.54, 1.807) is 24.3 Å². The Morgan fingerprint density at radius 2 is 1.70 bits per heavy atom. The molecule has 2 atom stereocenters. The van der Waals surface area contributed by atoms with Crippen molar-refractivity contribution in [3.05, 3.63) is 23.9 Å². The van der Waals surface area contributed by atoms with Gasteiger partial charge < -0.3 is 18.9 Å². The first-order valence-corrected chi connectivity index (χ1v) is 13.5. The van der Waals surface area contributed by atoms with E-state index in [9.17, 15) is 14.2 Å². The summed E-state index contributed by atoms with van der Waals surface area (Å²) < 4.78 is 23.1. The highest BCUT2D eigenvalue weighted by molar-refractivity contribution is 7.69. The standard InChI is InChI=1S/C23H33N4O5P/c1-14-12-26(13-15(2)27(14)22(29)32-23(3,4)5)17-10-9-16(21(28)31-6)19-20(17)24-11-18(25-19)33(7,8)30/h9-11,14-15H,12-13H2,1-8H3/t14-,15+. The molecular weight excluding hydrogens is 443 g/mol. The van der Waals surface area contributed by atoms with Gasteiger partial charge in [0.2, 0.25) is 0 Å². The fraction of sp³-hybridized carbons (Fsp3) is 0.565. The van der Waals surface area contributed by atoms with Gasteiger partial charge in [-0.3, -0.25) is 4.90 Å². The Hall–Kier alpha value is -2.67. The molecule has 2 aromatic rings. The molecule has 1 amide bonds. The lowest BCUT2D eigenvalue weighted by molar-refractivity contribution is 0.00565. The SMILES string of the molecule is COC(=O)c1ccc(N2C[C@@H](C)N(C(=O)OC(C)(C)C)[C@@H](C)C2)c2ncc(P(C)(C)=O)nc12. The number of esters is 1. The molecule has 1 aliphatic heterocycles. The van der Waals surface area contributed by atoms with Crippen LogP contribution in [0.2, 0.25) is 0 Å². The zero-order valence-corrected chi connectivity index (χ0v) is 21.5. The van der Waals surface area contributed by atoms with E-state index in [1.165, 1.54) is 13.3 Å². The van der Waals surface area contributed by atoms with Gasteiger partial charge in [-0.1, -0.05) is 0 Å². The first-order chi connectivity index (χ1) is 15.2. The van der Waals surface area contributed by atoms with Crippen LogP contribution in [0, 0.1) is 0 Å². The van der Waals surface area contributed by atoms with Gasteiger partial charge in [0.15, 0.2) is 0 Å². The number of carbonyl (C=O) groups is 2. The Balaban J connectivity index is 2.02. The molecule has 33 heavy (non-hydrogen) atoms. The number of amides is 1. The Labute approximate surface area is 194 Å². The second kappa shape index (κ2) is 8.93. The van der Waals surface area contributed by atoms with E-state index in [-0.39, 0.29) is 23.7 Å². The quantitative estimate of drug-likeness (QED) is 0.490. The number of aromatic nitrogens is 2. The number of nitrogens with zero attached hydrogens (tertiary/aromatic N) is 4.